The third-order valence-electron chi connectivity index (χ3n) is 5.15. The van der Waals surface area contributed by atoms with E-state index < -0.39 is 0 Å². The van der Waals surface area contributed by atoms with Gasteiger partial charge in [0.25, 0.3) is 0 Å². The van der Waals surface area contributed by atoms with E-state index in [-0.39, 0.29) is 5.91 Å². The normalized spacial score (nSPS) is 15.8. The molecule has 7 nitrogen and oxygen atoms in total. The molecule has 0 bridgehead atoms. The second kappa shape index (κ2) is 9.93. The predicted molar refractivity (Wildman–Crippen MR) is 125 cm³/mol. The predicted octanol–water partition coefficient (Wildman–Crippen LogP) is 2.98. The van der Waals surface area contributed by atoms with Gasteiger partial charge in [0.05, 0.1) is 10.9 Å². The SMILES string of the molecule is CC.O=C(CCNC1CNC1)Nc1sc2c(c1-c1nc3cnccc3s1)CCNC2. The van der Waals surface area contributed by atoms with Crippen molar-refractivity contribution in [3.63, 3.8) is 0 Å². The lowest BCUT2D eigenvalue weighted by molar-refractivity contribution is -0.116. The number of hydrogen-bond donors (Lipinski definition) is 4. The first-order valence-corrected chi connectivity index (χ1v) is 12.2. The number of nitrogens with one attached hydrogen (secondary N) is 4. The maximum Gasteiger partial charge on any atom is 0.226 e. The van der Waals surface area contributed by atoms with Crippen molar-refractivity contribution in [2.45, 2.75) is 39.3 Å². The Bertz CT molecular complexity index is 977. The van der Waals surface area contributed by atoms with E-state index in [1.807, 2.05) is 19.9 Å². The van der Waals surface area contributed by atoms with Crippen molar-refractivity contribution in [1.82, 2.24) is 25.9 Å². The monoisotopic (exact) mass is 444 g/mol. The Labute approximate surface area is 184 Å². The first-order valence-electron chi connectivity index (χ1n) is 10.6. The number of carbonyl (C=O) groups is 1. The van der Waals surface area contributed by atoms with Crippen molar-refractivity contribution in [2.75, 3.05) is 31.5 Å². The van der Waals surface area contributed by atoms with Crippen LogP contribution in [0.3, 0.4) is 0 Å². The van der Waals surface area contributed by atoms with Crippen LogP contribution in [0.2, 0.25) is 0 Å². The molecule has 0 unspecified atom stereocenters. The summed E-state index contributed by atoms with van der Waals surface area (Å²) in [4.78, 5) is 22.9. The summed E-state index contributed by atoms with van der Waals surface area (Å²) < 4.78 is 1.12. The lowest BCUT2D eigenvalue weighted by Gasteiger charge is -2.27. The number of aromatic nitrogens is 2. The smallest absolute Gasteiger partial charge is 0.226 e. The Hall–Kier alpha value is -1.91. The molecular weight excluding hydrogens is 416 g/mol. The minimum absolute atomic E-state index is 0.0513. The molecule has 0 saturated carbocycles. The highest BCUT2D eigenvalue weighted by atomic mass is 32.1. The van der Waals surface area contributed by atoms with Crippen LogP contribution in [-0.2, 0) is 17.8 Å². The van der Waals surface area contributed by atoms with Crippen molar-refractivity contribution in [2.24, 2.45) is 0 Å². The number of anilines is 1. The minimum Gasteiger partial charge on any atom is -0.317 e. The number of nitrogens with zero attached hydrogens (tertiary/aromatic N) is 2. The highest BCUT2D eigenvalue weighted by Gasteiger charge is 2.25. The summed E-state index contributed by atoms with van der Waals surface area (Å²) in [6.45, 7) is 8.49. The summed E-state index contributed by atoms with van der Waals surface area (Å²) in [5.74, 6) is 0.0513. The van der Waals surface area contributed by atoms with Gasteiger partial charge in [-0.1, -0.05) is 13.8 Å². The third-order valence-corrected chi connectivity index (χ3v) is 7.35. The zero-order valence-electron chi connectivity index (χ0n) is 17.4. The number of thiazole rings is 1. The van der Waals surface area contributed by atoms with Crippen molar-refractivity contribution < 1.29 is 4.79 Å². The molecular formula is C21H28N6OS2. The molecule has 0 radical (unpaired) electrons. The number of fused-ring (bicyclic) bond motifs is 2. The van der Waals surface area contributed by atoms with Crippen LogP contribution in [0, 0.1) is 0 Å². The molecule has 5 heterocycles. The Morgan fingerprint density at radius 2 is 2.13 bits per heavy atom. The largest absolute Gasteiger partial charge is 0.317 e. The van der Waals surface area contributed by atoms with E-state index in [0.29, 0.717) is 19.0 Å². The molecule has 1 saturated heterocycles. The topological polar surface area (TPSA) is 91.0 Å². The fourth-order valence-electron chi connectivity index (χ4n) is 3.55. The van der Waals surface area contributed by atoms with E-state index in [9.17, 15) is 4.79 Å². The summed E-state index contributed by atoms with van der Waals surface area (Å²) in [6, 6.07) is 2.50. The van der Waals surface area contributed by atoms with Crippen LogP contribution < -0.4 is 21.3 Å². The molecule has 3 aromatic heterocycles. The summed E-state index contributed by atoms with van der Waals surface area (Å²) in [7, 11) is 0. The molecule has 0 spiro atoms. The quantitative estimate of drug-likeness (QED) is 0.467. The fourth-order valence-corrected chi connectivity index (χ4v) is 5.86. The molecule has 9 heteroatoms. The minimum atomic E-state index is 0.0513. The molecule has 3 aromatic rings. The summed E-state index contributed by atoms with van der Waals surface area (Å²) in [5, 5.41) is 15.1. The van der Waals surface area contributed by atoms with E-state index in [2.05, 4.69) is 26.3 Å². The second-order valence-electron chi connectivity index (χ2n) is 7.10. The van der Waals surface area contributed by atoms with Crippen LogP contribution in [0.15, 0.2) is 18.5 Å². The zero-order chi connectivity index (χ0) is 20.9. The molecule has 0 atom stereocenters. The number of rotatable bonds is 6. The Kier molecular flexibility index (Phi) is 7.06. The molecule has 4 N–H and O–H groups in total. The molecule has 5 rings (SSSR count). The van der Waals surface area contributed by atoms with Gasteiger partial charge in [0.15, 0.2) is 0 Å². The molecule has 2 aliphatic heterocycles. The molecule has 30 heavy (non-hydrogen) atoms. The van der Waals surface area contributed by atoms with Crippen molar-refractivity contribution in [1.29, 1.82) is 0 Å². The van der Waals surface area contributed by atoms with E-state index in [1.54, 1.807) is 35.1 Å². The van der Waals surface area contributed by atoms with Gasteiger partial charge in [-0.05, 0) is 24.6 Å². The van der Waals surface area contributed by atoms with Crippen LogP contribution in [0.4, 0.5) is 5.00 Å². The molecule has 160 valence electrons. The Morgan fingerprint density at radius 1 is 1.27 bits per heavy atom. The number of thiophene rings is 1. The average molecular weight is 445 g/mol. The second-order valence-corrected chi connectivity index (χ2v) is 9.24. The maximum absolute atomic E-state index is 12.6. The standard InChI is InChI=1S/C19H22N6OS2.C2H6/c26-16(3-6-23-11-7-22-8-11)25-19-17(12-1-4-21-10-15(12)28-19)18-24-13-9-20-5-2-14(13)27-18;1-2/h2,5,9,11,21-23H,1,3-4,6-8,10H2,(H,25,26);1-2H3. The van der Waals surface area contributed by atoms with Crippen LogP contribution in [0.5, 0.6) is 0 Å². The molecule has 2 aliphatic rings. The fraction of sp³-hybridized carbons (Fsp3) is 0.476. The van der Waals surface area contributed by atoms with Gasteiger partial charge >= 0.3 is 0 Å². The lowest BCUT2D eigenvalue weighted by atomic mass is 10.0. The average Bonchev–Trinajstić information content (AvgIpc) is 3.31. The zero-order valence-corrected chi connectivity index (χ0v) is 19.0. The van der Waals surface area contributed by atoms with Crippen molar-refractivity contribution in [3.05, 3.63) is 28.9 Å². The van der Waals surface area contributed by atoms with E-state index in [4.69, 9.17) is 4.98 Å². The first-order chi connectivity index (χ1) is 14.8. The van der Waals surface area contributed by atoms with Crippen LogP contribution in [0.25, 0.3) is 20.8 Å². The van der Waals surface area contributed by atoms with Gasteiger partial charge < -0.3 is 21.3 Å². The number of carbonyl (C=O) groups excluding carboxylic acids is 1. The summed E-state index contributed by atoms with van der Waals surface area (Å²) >= 11 is 3.34. The first kappa shape index (κ1) is 21.3. The van der Waals surface area contributed by atoms with Crippen LogP contribution in [0.1, 0.15) is 30.7 Å². The third kappa shape index (κ3) is 4.55. The van der Waals surface area contributed by atoms with Gasteiger partial charge in [-0.2, -0.15) is 0 Å². The molecule has 1 amide bonds. The molecule has 0 aliphatic carbocycles. The lowest BCUT2D eigenvalue weighted by Crippen LogP contribution is -2.55. The van der Waals surface area contributed by atoms with Crippen molar-refractivity contribution >= 4 is 43.8 Å². The van der Waals surface area contributed by atoms with E-state index in [1.165, 1.54) is 10.4 Å². The van der Waals surface area contributed by atoms with Gasteiger partial charge in [0.2, 0.25) is 5.91 Å². The Morgan fingerprint density at radius 3 is 2.90 bits per heavy atom. The highest BCUT2D eigenvalue weighted by Crippen LogP contribution is 2.44. The highest BCUT2D eigenvalue weighted by molar-refractivity contribution is 7.22. The van der Waals surface area contributed by atoms with Crippen molar-refractivity contribution in [3.8, 4) is 10.6 Å². The Balaban J connectivity index is 0.00000106. The number of hydrogen-bond acceptors (Lipinski definition) is 8. The van der Waals surface area contributed by atoms with E-state index in [0.717, 1.165) is 58.4 Å². The number of amides is 1. The van der Waals surface area contributed by atoms with Gasteiger partial charge in [-0.3, -0.25) is 9.78 Å². The van der Waals surface area contributed by atoms with Crippen LogP contribution >= 0.6 is 22.7 Å². The van der Waals surface area contributed by atoms with Gasteiger partial charge in [0.1, 0.15) is 15.5 Å². The van der Waals surface area contributed by atoms with Gasteiger partial charge in [0, 0.05) is 55.3 Å². The van der Waals surface area contributed by atoms with Gasteiger partial charge in [-0.25, -0.2) is 4.98 Å². The van der Waals surface area contributed by atoms with Crippen LogP contribution in [-0.4, -0.2) is 48.1 Å². The maximum atomic E-state index is 12.6. The molecule has 0 aromatic carbocycles. The van der Waals surface area contributed by atoms with Gasteiger partial charge in [-0.15, -0.1) is 22.7 Å². The summed E-state index contributed by atoms with van der Waals surface area (Å²) in [6.07, 6.45) is 5.03. The summed E-state index contributed by atoms with van der Waals surface area (Å²) in [5.41, 5.74) is 3.34. The van der Waals surface area contributed by atoms with E-state index >= 15 is 0 Å². The molecule has 1 fully saturated rings. The number of pyridine rings is 1.